The number of carbonyl (C=O) groups is 1. The molecule has 10 nitrogen and oxygen atoms in total. The third-order valence-electron chi connectivity index (χ3n) is 2.60. The first-order chi connectivity index (χ1) is 9.80. The SMILES string of the molecule is CC1(N)N=C2N=CN=C2C(=O)N1.Cn1c(N)ccnc1=O. The summed E-state index contributed by atoms with van der Waals surface area (Å²) in [6, 6.07) is 1.57. The van der Waals surface area contributed by atoms with Crippen LogP contribution in [0.5, 0.6) is 0 Å². The van der Waals surface area contributed by atoms with E-state index in [9.17, 15) is 9.59 Å². The Morgan fingerprint density at radius 2 is 2.10 bits per heavy atom. The van der Waals surface area contributed by atoms with Crippen molar-refractivity contribution in [2.24, 2.45) is 27.8 Å². The lowest BCUT2D eigenvalue weighted by Crippen LogP contribution is -2.58. The van der Waals surface area contributed by atoms with E-state index >= 15 is 0 Å². The van der Waals surface area contributed by atoms with Crippen LogP contribution in [0.15, 0.2) is 32.0 Å². The minimum Gasteiger partial charge on any atom is -0.385 e. The molecule has 1 amide bonds. The van der Waals surface area contributed by atoms with Gasteiger partial charge in [0.05, 0.1) is 0 Å². The molecule has 1 aromatic rings. The van der Waals surface area contributed by atoms with Crippen LogP contribution in [0.1, 0.15) is 6.92 Å². The molecule has 3 heterocycles. The van der Waals surface area contributed by atoms with E-state index in [0.717, 1.165) is 0 Å². The van der Waals surface area contributed by atoms with Crippen molar-refractivity contribution in [3.8, 4) is 0 Å². The van der Waals surface area contributed by atoms with Gasteiger partial charge in [-0.25, -0.2) is 24.8 Å². The summed E-state index contributed by atoms with van der Waals surface area (Å²) >= 11 is 0. The van der Waals surface area contributed by atoms with E-state index in [1.807, 2.05) is 0 Å². The van der Waals surface area contributed by atoms with Crippen LogP contribution in [-0.2, 0) is 11.8 Å². The van der Waals surface area contributed by atoms with E-state index in [4.69, 9.17) is 11.5 Å². The highest BCUT2D eigenvalue weighted by Gasteiger charge is 2.33. The normalized spacial score (nSPS) is 22.5. The fourth-order valence-electron chi connectivity index (χ4n) is 1.53. The molecular weight excluding hydrogens is 276 g/mol. The quantitative estimate of drug-likeness (QED) is 0.504. The van der Waals surface area contributed by atoms with Gasteiger partial charge >= 0.3 is 5.69 Å². The predicted molar refractivity (Wildman–Crippen MR) is 78.0 cm³/mol. The summed E-state index contributed by atoms with van der Waals surface area (Å²) in [5.74, 6) is -0.658. The lowest BCUT2D eigenvalue weighted by atomic mass is 10.2. The van der Waals surface area contributed by atoms with Crippen LogP contribution < -0.4 is 22.5 Å². The molecule has 1 atom stereocenters. The summed E-state index contributed by atoms with van der Waals surface area (Å²) in [7, 11) is 1.57. The second kappa shape index (κ2) is 5.25. The van der Waals surface area contributed by atoms with E-state index in [0.29, 0.717) is 11.7 Å². The van der Waals surface area contributed by atoms with Crippen molar-refractivity contribution in [2.75, 3.05) is 5.73 Å². The number of amides is 1. The molecular formula is C11H14N8O2. The first-order valence-corrected chi connectivity index (χ1v) is 5.89. The van der Waals surface area contributed by atoms with Crippen LogP contribution in [-0.4, -0.2) is 39.1 Å². The summed E-state index contributed by atoms with van der Waals surface area (Å²) in [6.07, 6.45) is 2.67. The first-order valence-electron chi connectivity index (χ1n) is 5.89. The molecule has 0 aromatic carbocycles. The van der Waals surface area contributed by atoms with Crippen molar-refractivity contribution in [2.45, 2.75) is 12.7 Å². The molecule has 110 valence electrons. The fourth-order valence-corrected chi connectivity index (χ4v) is 1.53. The van der Waals surface area contributed by atoms with Gasteiger partial charge in [0.1, 0.15) is 12.2 Å². The maximum atomic E-state index is 11.2. The highest BCUT2D eigenvalue weighted by Crippen LogP contribution is 2.08. The number of hydrogen-bond acceptors (Lipinski definition) is 8. The van der Waals surface area contributed by atoms with Gasteiger partial charge in [-0.15, -0.1) is 0 Å². The fraction of sp³-hybridized carbons (Fsp3) is 0.273. The van der Waals surface area contributed by atoms with Gasteiger partial charge in [-0.2, -0.15) is 0 Å². The molecule has 0 spiro atoms. The molecule has 0 fully saturated rings. The minimum absolute atomic E-state index is 0.234. The first kappa shape index (κ1) is 14.5. The van der Waals surface area contributed by atoms with Gasteiger partial charge in [-0.1, -0.05) is 0 Å². The number of carbonyl (C=O) groups excluding carboxylic acids is 1. The van der Waals surface area contributed by atoms with Gasteiger partial charge in [0.2, 0.25) is 0 Å². The predicted octanol–water partition coefficient (Wildman–Crippen LogP) is -2.01. The molecule has 2 aliphatic heterocycles. The molecule has 10 heteroatoms. The third-order valence-corrected chi connectivity index (χ3v) is 2.60. The topological polar surface area (TPSA) is 153 Å². The number of nitrogen functional groups attached to an aromatic ring is 1. The average molecular weight is 290 g/mol. The lowest BCUT2D eigenvalue weighted by Gasteiger charge is -2.25. The Bertz CT molecular complexity index is 728. The van der Waals surface area contributed by atoms with Crippen LogP contribution >= 0.6 is 0 Å². The van der Waals surface area contributed by atoms with E-state index in [1.165, 1.54) is 17.1 Å². The molecule has 0 radical (unpaired) electrons. The number of nitrogens with two attached hydrogens (primary N) is 2. The molecule has 2 aliphatic rings. The van der Waals surface area contributed by atoms with Crippen LogP contribution in [0.4, 0.5) is 5.82 Å². The Hall–Kier alpha value is -2.88. The van der Waals surface area contributed by atoms with Gasteiger partial charge in [0, 0.05) is 13.2 Å². The number of aliphatic imine (C=N–C) groups is 3. The monoisotopic (exact) mass is 290 g/mol. The van der Waals surface area contributed by atoms with E-state index in [-0.39, 0.29) is 17.3 Å². The van der Waals surface area contributed by atoms with E-state index in [2.05, 4.69) is 25.3 Å². The molecule has 21 heavy (non-hydrogen) atoms. The number of aromatic nitrogens is 2. The van der Waals surface area contributed by atoms with Gasteiger partial charge in [0.15, 0.2) is 17.3 Å². The Morgan fingerprint density at radius 1 is 1.38 bits per heavy atom. The Balaban J connectivity index is 0.000000161. The van der Waals surface area contributed by atoms with Crippen LogP contribution in [0.25, 0.3) is 0 Å². The number of nitrogens with zero attached hydrogens (tertiary/aromatic N) is 5. The molecule has 0 saturated heterocycles. The molecule has 1 aromatic heterocycles. The van der Waals surface area contributed by atoms with E-state index < -0.39 is 5.79 Å². The van der Waals surface area contributed by atoms with Crippen molar-refractivity contribution >= 4 is 29.6 Å². The second-order valence-electron chi connectivity index (χ2n) is 4.47. The summed E-state index contributed by atoms with van der Waals surface area (Å²) in [5, 5.41) is 2.47. The zero-order chi connectivity index (χ0) is 15.6. The summed E-state index contributed by atoms with van der Waals surface area (Å²) in [5.41, 5.74) is 10.8. The summed E-state index contributed by atoms with van der Waals surface area (Å²) in [6.45, 7) is 1.59. The van der Waals surface area contributed by atoms with Crippen molar-refractivity contribution in [3.63, 3.8) is 0 Å². The zero-order valence-corrected chi connectivity index (χ0v) is 11.4. The van der Waals surface area contributed by atoms with Crippen LogP contribution in [0.3, 0.4) is 0 Å². The average Bonchev–Trinajstić information content (AvgIpc) is 2.83. The van der Waals surface area contributed by atoms with Crippen molar-refractivity contribution in [3.05, 3.63) is 22.7 Å². The van der Waals surface area contributed by atoms with Gasteiger partial charge < -0.3 is 11.1 Å². The second-order valence-corrected chi connectivity index (χ2v) is 4.47. The largest absolute Gasteiger partial charge is 0.385 e. The highest BCUT2D eigenvalue weighted by atomic mass is 16.2. The smallest absolute Gasteiger partial charge is 0.348 e. The molecule has 0 saturated carbocycles. The molecule has 0 bridgehead atoms. The standard InChI is InChI=1S/C6H7N5O.C5H7N3O/c1-6(7)10-4-3(5(12)11-6)8-2-9-4;1-8-4(6)2-3-7-5(8)9/h2H,7H2,1H3,(H,11,12);2-3H,6H2,1H3. The van der Waals surface area contributed by atoms with Gasteiger partial charge in [-0.05, 0) is 13.0 Å². The maximum absolute atomic E-state index is 11.2. The minimum atomic E-state index is -1.06. The Morgan fingerprint density at radius 3 is 2.71 bits per heavy atom. The third kappa shape index (κ3) is 3.17. The molecule has 5 N–H and O–H groups in total. The number of amidine groups is 1. The molecule has 0 aliphatic carbocycles. The highest BCUT2D eigenvalue weighted by molar-refractivity contribution is 6.69. The van der Waals surface area contributed by atoms with Crippen LogP contribution in [0.2, 0.25) is 0 Å². The number of anilines is 1. The van der Waals surface area contributed by atoms with Crippen molar-refractivity contribution < 1.29 is 4.79 Å². The number of fused-ring (bicyclic) bond motifs is 1. The number of nitrogens with one attached hydrogen (secondary N) is 1. The maximum Gasteiger partial charge on any atom is 0.348 e. The summed E-state index contributed by atoms with van der Waals surface area (Å²) in [4.78, 5) is 36.8. The molecule has 1 unspecified atom stereocenters. The number of rotatable bonds is 0. The van der Waals surface area contributed by atoms with Crippen molar-refractivity contribution in [1.29, 1.82) is 0 Å². The van der Waals surface area contributed by atoms with Crippen LogP contribution in [0, 0.1) is 0 Å². The zero-order valence-electron chi connectivity index (χ0n) is 11.4. The lowest BCUT2D eigenvalue weighted by molar-refractivity contribution is -0.116. The van der Waals surface area contributed by atoms with Gasteiger partial charge in [-0.3, -0.25) is 15.1 Å². The van der Waals surface area contributed by atoms with Crippen molar-refractivity contribution in [1.82, 2.24) is 14.9 Å². The Labute approximate surface area is 119 Å². The van der Waals surface area contributed by atoms with E-state index in [1.54, 1.807) is 20.0 Å². The summed E-state index contributed by atoms with van der Waals surface area (Å²) < 4.78 is 1.28. The number of hydrogen-bond donors (Lipinski definition) is 3. The molecule has 3 rings (SSSR count). The van der Waals surface area contributed by atoms with Gasteiger partial charge in [0.25, 0.3) is 5.91 Å². The Kier molecular flexibility index (Phi) is 3.63.